The fraction of sp³-hybridized carbons (Fsp3) is 0.438. The Morgan fingerprint density at radius 1 is 1.09 bits per heavy atom. The van der Waals surface area contributed by atoms with Crippen LogP contribution in [0.5, 0.6) is 5.75 Å². The number of hydrogen-bond donors (Lipinski definition) is 1. The van der Waals surface area contributed by atoms with Gasteiger partial charge >= 0.3 is 12.1 Å². The van der Waals surface area contributed by atoms with Crippen molar-refractivity contribution in [3.8, 4) is 17.1 Å². The molecule has 0 bridgehead atoms. The van der Waals surface area contributed by atoms with Crippen LogP contribution in [0.15, 0.2) is 42.5 Å². The second-order valence-corrected chi connectivity index (χ2v) is 11.1. The number of ether oxygens (including phenoxy) is 2. The highest BCUT2D eigenvalue weighted by Gasteiger charge is 2.30. The summed E-state index contributed by atoms with van der Waals surface area (Å²) in [6.45, 7) is 7.30. The summed E-state index contributed by atoms with van der Waals surface area (Å²) in [6, 6.07) is 11.0. The summed E-state index contributed by atoms with van der Waals surface area (Å²) in [5, 5.41) is 3.40. The number of imidazole rings is 1. The summed E-state index contributed by atoms with van der Waals surface area (Å²) >= 11 is 0. The lowest BCUT2D eigenvalue weighted by molar-refractivity contribution is -0.137. The Bertz CT molecular complexity index is 1590. The van der Waals surface area contributed by atoms with E-state index in [1.165, 1.54) is 38.5 Å². The zero-order valence-electron chi connectivity index (χ0n) is 24.8. The number of carbonyl (C=O) groups is 1. The molecular formula is C32H36F3N5O3. The van der Waals surface area contributed by atoms with Crippen LogP contribution in [-0.2, 0) is 17.5 Å². The molecule has 2 aromatic carbocycles. The van der Waals surface area contributed by atoms with Crippen molar-refractivity contribution in [2.75, 3.05) is 25.6 Å². The number of esters is 1. The highest BCUT2D eigenvalue weighted by molar-refractivity contribution is 5.93. The molecule has 8 nitrogen and oxygen atoms in total. The predicted octanol–water partition coefficient (Wildman–Crippen LogP) is 7.47. The van der Waals surface area contributed by atoms with Gasteiger partial charge in [-0.15, -0.1) is 0 Å². The Morgan fingerprint density at radius 2 is 1.84 bits per heavy atom. The van der Waals surface area contributed by atoms with Gasteiger partial charge in [-0.05, 0) is 60.6 Å². The quantitative estimate of drug-likeness (QED) is 0.180. The number of fused-ring (bicyclic) bond motifs is 1. The third-order valence-corrected chi connectivity index (χ3v) is 7.87. The van der Waals surface area contributed by atoms with Gasteiger partial charge in [0.1, 0.15) is 17.1 Å². The predicted molar refractivity (Wildman–Crippen MR) is 158 cm³/mol. The molecular weight excluding hydrogens is 559 g/mol. The van der Waals surface area contributed by atoms with Crippen LogP contribution in [0.2, 0.25) is 0 Å². The minimum atomic E-state index is -4.44. The van der Waals surface area contributed by atoms with Gasteiger partial charge in [0.05, 0.1) is 24.8 Å². The maximum absolute atomic E-state index is 13.3. The fourth-order valence-corrected chi connectivity index (χ4v) is 5.22. The first-order chi connectivity index (χ1) is 20.6. The topological polar surface area (TPSA) is 91.2 Å². The number of aromatic nitrogens is 4. The van der Waals surface area contributed by atoms with Gasteiger partial charge in [-0.2, -0.15) is 13.2 Å². The lowest BCUT2D eigenvalue weighted by atomic mass is 9.83. The number of benzene rings is 2. The van der Waals surface area contributed by atoms with Gasteiger partial charge in [0.15, 0.2) is 11.5 Å². The SMILES string of the molecule is CCOc1ccc(C(C)C)cc1-c1nc2nc(C(=O)OC)nc(NCCC3CCC3)c2n1Cc1ccc(C(F)(F)F)cc1. The van der Waals surface area contributed by atoms with Crippen LogP contribution >= 0.6 is 0 Å². The van der Waals surface area contributed by atoms with Crippen LogP contribution < -0.4 is 10.1 Å². The highest BCUT2D eigenvalue weighted by Crippen LogP contribution is 2.37. The van der Waals surface area contributed by atoms with Crippen molar-refractivity contribution in [3.63, 3.8) is 0 Å². The van der Waals surface area contributed by atoms with Gasteiger partial charge in [0.2, 0.25) is 5.82 Å². The zero-order valence-corrected chi connectivity index (χ0v) is 24.8. The molecule has 0 saturated heterocycles. The number of halogens is 3. The van der Waals surface area contributed by atoms with E-state index in [2.05, 4.69) is 29.1 Å². The van der Waals surface area contributed by atoms with Gasteiger partial charge in [0.25, 0.3) is 0 Å². The van der Waals surface area contributed by atoms with Crippen LogP contribution in [0.25, 0.3) is 22.6 Å². The largest absolute Gasteiger partial charge is 0.493 e. The molecule has 2 heterocycles. The molecule has 0 aliphatic heterocycles. The fourth-order valence-electron chi connectivity index (χ4n) is 5.22. The normalized spacial score (nSPS) is 13.8. The molecule has 2 aromatic heterocycles. The van der Waals surface area contributed by atoms with Crippen LogP contribution in [0, 0.1) is 5.92 Å². The second kappa shape index (κ2) is 12.6. The average molecular weight is 596 g/mol. The molecule has 1 aliphatic rings. The monoisotopic (exact) mass is 595 g/mol. The number of methoxy groups -OCH3 is 1. The molecule has 228 valence electrons. The van der Waals surface area contributed by atoms with E-state index in [9.17, 15) is 18.0 Å². The molecule has 1 N–H and O–H groups in total. The molecule has 5 rings (SSSR count). The molecule has 0 atom stereocenters. The summed E-state index contributed by atoms with van der Waals surface area (Å²) < 4.78 is 52.7. The van der Waals surface area contributed by atoms with Crippen LogP contribution in [-0.4, -0.2) is 45.7 Å². The molecule has 4 aromatic rings. The lowest BCUT2D eigenvalue weighted by Gasteiger charge is -2.25. The minimum Gasteiger partial charge on any atom is -0.493 e. The molecule has 11 heteroatoms. The van der Waals surface area contributed by atoms with Crippen LogP contribution in [0.4, 0.5) is 19.0 Å². The van der Waals surface area contributed by atoms with E-state index in [1.807, 2.05) is 29.7 Å². The molecule has 1 aliphatic carbocycles. The number of rotatable bonds is 11. The summed E-state index contributed by atoms with van der Waals surface area (Å²) in [5.74, 6) is 1.55. The maximum atomic E-state index is 13.3. The van der Waals surface area contributed by atoms with E-state index in [1.54, 1.807) is 0 Å². The molecule has 0 spiro atoms. The van der Waals surface area contributed by atoms with E-state index in [-0.39, 0.29) is 23.9 Å². The summed E-state index contributed by atoms with van der Waals surface area (Å²) in [4.78, 5) is 26.4. The molecule has 0 radical (unpaired) electrons. The molecule has 43 heavy (non-hydrogen) atoms. The highest BCUT2D eigenvalue weighted by atomic mass is 19.4. The van der Waals surface area contributed by atoms with Crippen molar-refractivity contribution in [2.24, 2.45) is 5.92 Å². The Balaban J connectivity index is 1.70. The summed E-state index contributed by atoms with van der Waals surface area (Å²) in [5.41, 5.74) is 2.47. The first-order valence-corrected chi connectivity index (χ1v) is 14.6. The van der Waals surface area contributed by atoms with E-state index in [0.29, 0.717) is 53.1 Å². The summed E-state index contributed by atoms with van der Waals surface area (Å²) in [7, 11) is 1.26. The average Bonchev–Trinajstić information content (AvgIpc) is 3.31. The van der Waals surface area contributed by atoms with Gasteiger partial charge in [0, 0.05) is 13.1 Å². The second-order valence-electron chi connectivity index (χ2n) is 11.1. The van der Waals surface area contributed by atoms with E-state index >= 15 is 0 Å². The Hall–Kier alpha value is -4.15. The van der Waals surface area contributed by atoms with Crippen LogP contribution in [0.1, 0.15) is 79.7 Å². The van der Waals surface area contributed by atoms with Crippen molar-refractivity contribution in [3.05, 3.63) is 65.0 Å². The Kier molecular flexibility index (Phi) is 8.89. The zero-order chi connectivity index (χ0) is 30.7. The third kappa shape index (κ3) is 6.60. The Morgan fingerprint density at radius 3 is 2.44 bits per heavy atom. The number of anilines is 1. The van der Waals surface area contributed by atoms with E-state index < -0.39 is 17.7 Å². The smallest absolute Gasteiger partial charge is 0.416 e. The van der Waals surface area contributed by atoms with Gasteiger partial charge in [-0.1, -0.05) is 51.3 Å². The standard InChI is InChI=1S/C32H36F3N5O3/c1-5-43-25-14-11-22(19(2)3)17-24(25)30-39-28-26(40(30)18-21-9-12-23(13-10-21)32(33,34)35)27(36-16-15-20-7-6-8-20)37-29(38-28)31(41)42-4/h9-14,17,19-20H,5-8,15-16,18H2,1-4H3,(H,36,37,38). The van der Waals surface area contributed by atoms with Gasteiger partial charge < -0.3 is 19.4 Å². The van der Waals surface area contributed by atoms with E-state index in [4.69, 9.17) is 14.5 Å². The number of hydrogen-bond acceptors (Lipinski definition) is 7. The van der Waals surface area contributed by atoms with Crippen molar-refractivity contribution >= 4 is 23.0 Å². The number of nitrogens with zero attached hydrogens (tertiary/aromatic N) is 4. The number of nitrogens with one attached hydrogen (secondary N) is 1. The first-order valence-electron chi connectivity index (χ1n) is 14.6. The molecule has 1 fully saturated rings. The number of carbonyl (C=O) groups excluding carboxylic acids is 1. The van der Waals surface area contributed by atoms with Crippen molar-refractivity contribution in [1.82, 2.24) is 19.5 Å². The van der Waals surface area contributed by atoms with E-state index in [0.717, 1.165) is 24.1 Å². The van der Waals surface area contributed by atoms with Gasteiger partial charge in [-0.3, -0.25) is 0 Å². The Labute approximate surface area is 248 Å². The van der Waals surface area contributed by atoms with Gasteiger partial charge in [-0.25, -0.2) is 19.7 Å². The maximum Gasteiger partial charge on any atom is 0.416 e. The third-order valence-electron chi connectivity index (χ3n) is 7.87. The lowest BCUT2D eigenvalue weighted by Crippen LogP contribution is -2.18. The van der Waals surface area contributed by atoms with Crippen molar-refractivity contribution in [1.29, 1.82) is 0 Å². The molecule has 1 saturated carbocycles. The first kappa shape index (κ1) is 30.3. The van der Waals surface area contributed by atoms with Crippen molar-refractivity contribution < 1.29 is 27.4 Å². The van der Waals surface area contributed by atoms with Crippen molar-refractivity contribution in [2.45, 2.75) is 65.1 Å². The minimum absolute atomic E-state index is 0.132. The summed E-state index contributed by atoms with van der Waals surface area (Å²) in [6.07, 6.45) is 0.123. The molecule has 0 unspecified atom stereocenters. The molecule has 0 amide bonds. The van der Waals surface area contributed by atoms with Crippen LogP contribution in [0.3, 0.4) is 0 Å². The number of alkyl halides is 3.